The van der Waals surface area contributed by atoms with Crippen LogP contribution in [0.2, 0.25) is 0 Å². The molecule has 38 heavy (non-hydrogen) atoms. The Morgan fingerprint density at radius 1 is 1.03 bits per heavy atom. The lowest BCUT2D eigenvalue weighted by Crippen LogP contribution is -2.44. The molecule has 4 aromatic rings. The lowest BCUT2D eigenvalue weighted by atomic mass is 10.2. The van der Waals surface area contributed by atoms with Crippen LogP contribution in [0.15, 0.2) is 48.7 Å². The molecule has 1 aliphatic heterocycles. The number of hydrogen-bond acceptors (Lipinski definition) is 7. The minimum Gasteiger partial charge on any atom is -0.367 e. The van der Waals surface area contributed by atoms with Gasteiger partial charge in [-0.2, -0.15) is 4.98 Å². The molecular weight excluding hydrogens is 503 g/mol. The molecule has 0 spiro atoms. The number of rotatable bonds is 7. The highest BCUT2D eigenvalue weighted by molar-refractivity contribution is 8.02. The van der Waals surface area contributed by atoms with Crippen molar-refractivity contribution in [2.75, 3.05) is 60.7 Å². The largest absolute Gasteiger partial charge is 0.367 e. The Labute approximate surface area is 222 Å². The van der Waals surface area contributed by atoms with Gasteiger partial charge in [-0.3, -0.25) is 8.78 Å². The summed E-state index contributed by atoms with van der Waals surface area (Å²) < 4.78 is 32.5. The molecule has 6 rings (SSSR count). The van der Waals surface area contributed by atoms with E-state index in [4.69, 9.17) is 9.97 Å². The zero-order valence-corrected chi connectivity index (χ0v) is 22.7. The summed E-state index contributed by atoms with van der Waals surface area (Å²) in [6, 6.07) is 12.9. The number of likely N-dealkylation sites (N-methyl/N-ethyl adjacent to an activating group) is 1. The van der Waals surface area contributed by atoms with Gasteiger partial charge in [0.2, 0.25) is 5.95 Å². The maximum Gasteiger partial charge on any atom is 0.229 e. The first-order valence-electron chi connectivity index (χ1n) is 12.9. The van der Waals surface area contributed by atoms with E-state index in [0.29, 0.717) is 34.9 Å². The number of anilines is 4. The molecule has 11 heteroatoms. The highest BCUT2D eigenvalue weighted by Gasteiger charge is 2.29. The molecule has 3 aromatic heterocycles. The van der Waals surface area contributed by atoms with E-state index in [2.05, 4.69) is 42.5 Å². The maximum atomic E-state index is 15.1. The van der Waals surface area contributed by atoms with Crippen molar-refractivity contribution in [2.45, 2.75) is 18.8 Å². The summed E-state index contributed by atoms with van der Waals surface area (Å²) in [5.74, 6) is 1.82. The van der Waals surface area contributed by atoms with Gasteiger partial charge in [0.15, 0.2) is 5.65 Å². The van der Waals surface area contributed by atoms with Crippen molar-refractivity contribution in [2.24, 2.45) is 0 Å². The Morgan fingerprint density at radius 2 is 1.82 bits per heavy atom. The van der Waals surface area contributed by atoms with Gasteiger partial charge in [-0.1, -0.05) is 6.07 Å². The number of halogens is 1. The van der Waals surface area contributed by atoms with Crippen LogP contribution in [0.3, 0.4) is 0 Å². The van der Waals surface area contributed by atoms with Crippen molar-refractivity contribution >= 4 is 44.3 Å². The predicted molar refractivity (Wildman–Crippen MR) is 153 cm³/mol. The monoisotopic (exact) mass is 536 g/mol. The van der Waals surface area contributed by atoms with E-state index in [-0.39, 0.29) is 5.82 Å². The van der Waals surface area contributed by atoms with Crippen LogP contribution < -0.4 is 14.9 Å². The molecule has 2 fully saturated rings. The number of pyridine rings is 1. The van der Waals surface area contributed by atoms with Gasteiger partial charge in [-0.05, 0) is 72.3 Å². The summed E-state index contributed by atoms with van der Waals surface area (Å²) in [7, 11) is -0.428. The minimum atomic E-state index is -2.51. The van der Waals surface area contributed by atoms with Gasteiger partial charge in [-0.15, -0.1) is 0 Å². The van der Waals surface area contributed by atoms with Crippen molar-refractivity contribution in [1.29, 1.82) is 0 Å². The summed E-state index contributed by atoms with van der Waals surface area (Å²) in [5, 5.41) is 4.09. The highest BCUT2D eigenvalue weighted by atomic mass is 32.3. The zero-order valence-electron chi connectivity index (χ0n) is 21.9. The van der Waals surface area contributed by atoms with E-state index in [0.717, 1.165) is 55.7 Å². The highest BCUT2D eigenvalue weighted by Crippen LogP contribution is 2.43. The molecule has 0 radical (unpaired) electrons. The Hall–Kier alpha value is -3.57. The maximum absolute atomic E-state index is 15.1. The molecular formula is C27H33FN8OS. The molecule has 0 atom stereocenters. The molecule has 1 aliphatic carbocycles. The molecule has 4 heterocycles. The number of benzene rings is 1. The molecule has 1 aromatic carbocycles. The lowest BCUT2D eigenvalue weighted by molar-refractivity contribution is 0.311. The fourth-order valence-corrected chi connectivity index (χ4v) is 5.57. The standard InChI is InChI=1S/C27H33FN8OS/c1-34-11-13-35(14-12-34)22-10-9-20(16-21(22)28)30-27-29-17-19-15-23(18-7-8-18)36(26(19)32-27)25-6-4-5-24(31-25)33-38(2,3)37/h4-6,9-10,15-18,38H,7-8,11-14H2,1-3H3,(H,29,30,32)(H,31,33,37). The number of hydrogen-bond donors (Lipinski definition) is 3. The third-order valence-corrected chi connectivity index (χ3v) is 7.73. The first kappa shape index (κ1) is 24.7. The van der Waals surface area contributed by atoms with Crippen molar-refractivity contribution < 1.29 is 8.60 Å². The molecule has 1 saturated heterocycles. The first-order chi connectivity index (χ1) is 18.2. The van der Waals surface area contributed by atoms with Gasteiger partial charge in [0.1, 0.15) is 17.5 Å². The predicted octanol–water partition coefficient (Wildman–Crippen LogP) is 3.93. The average molecular weight is 537 g/mol. The summed E-state index contributed by atoms with van der Waals surface area (Å²) in [6.07, 6.45) is 7.37. The van der Waals surface area contributed by atoms with Crippen molar-refractivity contribution in [3.8, 4) is 5.82 Å². The van der Waals surface area contributed by atoms with Crippen molar-refractivity contribution in [3.63, 3.8) is 0 Å². The summed E-state index contributed by atoms with van der Waals surface area (Å²) in [6.45, 7) is 3.44. The van der Waals surface area contributed by atoms with Gasteiger partial charge < -0.3 is 19.8 Å². The molecule has 1 saturated carbocycles. The third-order valence-electron chi connectivity index (χ3n) is 6.96. The second-order valence-electron chi connectivity index (χ2n) is 10.6. The number of nitrogens with zero attached hydrogens (tertiary/aromatic N) is 6. The Balaban J connectivity index is 1.32. The van der Waals surface area contributed by atoms with Crippen LogP contribution >= 0.6 is 0 Å². The van der Waals surface area contributed by atoms with Crippen LogP contribution in [-0.4, -0.2) is 74.4 Å². The normalized spacial score (nSPS) is 17.1. The first-order valence-corrected chi connectivity index (χ1v) is 15.5. The van der Waals surface area contributed by atoms with Gasteiger partial charge >= 0.3 is 0 Å². The summed E-state index contributed by atoms with van der Waals surface area (Å²) >= 11 is 0. The quantitative estimate of drug-likeness (QED) is 0.308. The van der Waals surface area contributed by atoms with Crippen LogP contribution in [0.5, 0.6) is 0 Å². The van der Waals surface area contributed by atoms with E-state index >= 15 is 4.39 Å². The van der Waals surface area contributed by atoms with Crippen molar-refractivity contribution in [1.82, 2.24) is 24.4 Å². The van der Waals surface area contributed by atoms with E-state index in [1.807, 2.05) is 30.3 Å². The summed E-state index contributed by atoms with van der Waals surface area (Å²) in [4.78, 5) is 18.4. The molecule has 0 unspecified atom stereocenters. The number of nitrogens with one attached hydrogen (secondary N) is 2. The average Bonchev–Trinajstić information content (AvgIpc) is 3.64. The van der Waals surface area contributed by atoms with Crippen LogP contribution in [0.25, 0.3) is 16.9 Å². The van der Waals surface area contributed by atoms with E-state index in [9.17, 15) is 4.21 Å². The fraction of sp³-hybridized carbons (Fsp3) is 0.370. The van der Waals surface area contributed by atoms with E-state index in [1.54, 1.807) is 18.7 Å². The third kappa shape index (κ3) is 5.21. The molecule has 9 nitrogen and oxygen atoms in total. The second-order valence-corrected chi connectivity index (χ2v) is 13.5. The molecule has 2 N–H and O–H groups in total. The number of piperazine rings is 1. The topological polar surface area (TPSA) is 91.2 Å². The SMILES string of the molecule is CN1CCN(c2ccc(Nc3ncc4cc(C5CC5)n(-c5cccc(N[SH](C)(C)=O)n5)c4n3)cc2F)CC1. The van der Waals surface area contributed by atoms with Crippen molar-refractivity contribution in [3.05, 3.63) is 60.2 Å². The fourth-order valence-electron chi connectivity index (χ4n) is 4.89. The van der Waals surface area contributed by atoms with Gasteiger partial charge in [0.05, 0.1) is 5.69 Å². The second kappa shape index (κ2) is 9.63. The van der Waals surface area contributed by atoms with Gasteiger partial charge in [0, 0.05) is 61.7 Å². The van der Waals surface area contributed by atoms with Crippen LogP contribution in [0.4, 0.5) is 27.5 Å². The van der Waals surface area contributed by atoms with E-state index < -0.39 is 10.1 Å². The number of fused-ring (bicyclic) bond motifs is 1. The van der Waals surface area contributed by atoms with Crippen LogP contribution in [0.1, 0.15) is 24.5 Å². The van der Waals surface area contributed by atoms with E-state index in [1.165, 1.54) is 6.07 Å². The number of thiol groups is 1. The molecule has 2 aliphatic rings. The number of aromatic nitrogens is 4. The van der Waals surface area contributed by atoms with Gasteiger partial charge in [0.25, 0.3) is 0 Å². The lowest BCUT2D eigenvalue weighted by Gasteiger charge is -2.34. The Kier molecular flexibility index (Phi) is 6.27. The van der Waals surface area contributed by atoms with Crippen LogP contribution in [0, 0.1) is 5.82 Å². The smallest absolute Gasteiger partial charge is 0.229 e. The molecule has 0 bridgehead atoms. The molecule has 200 valence electrons. The zero-order chi connectivity index (χ0) is 26.4. The Morgan fingerprint density at radius 3 is 2.53 bits per heavy atom. The summed E-state index contributed by atoms with van der Waals surface area (Å²) in [5.41, 5.74) is 3.06. The van der Waals surface area contributed by atoms with Crippen LogP contribution in [-0.2, 0) is 10.1 Å². The van der Waals surface area contributed by atoms with Gasteiger partial charge in [-0.25, -0.2) is 14.4 Å². The Bertz CT molecular complexity index is 1540. The molecule has 0 amide bonds. The minimum absolute atomic E-state index is 0.266.